The van der Waals surface area contributed by atoms with Crippen LogP contribution in [0.4, 0.5) is 11.5 Å². The minimum absolute atomic E-state index is 0.0472. The van der Waals surface area contributed by atoms with E-state index in [-0.39, 0.29) is 5.54 Å². The fraction of sp³-hybridized carbons (Fsp3) is 0.600. The molecule has 1 aromatic rings. The lowest BCUT2D eigenvalue weighted by Crippen LogP contribution is -2.37. The highest BCUT2D eigenvalue weighted by atomic mass is 16.5. The molecular weight excluding hydrogens is 254 g/mol. The molecule has 0 amide bonds. The molecule has 0 unspecified atom stereocenters. The number of carbonyl (C=O) groups is 1. The Kier molecular flexibility index (Phi) is 5.80. The van der Waals surface area contributed by atoms with E-state index in [2.05, 4.69) is 31.1 Å². The van der Waals surface area contributed by atoms with Crippen molar-refractivity contribution in [2.45, 2.75) is 52.5 Å². The molecule has 0 fully saturated rings. The van der Waals surface area contributed by atoms with Crippen LogP contribution in [0, 0.1) is 0 Å². The summed E-state index contributed by atoms with van der Waals surface area (Å²) >= 11 is 0. The lowest BCUT2D eigenvalue weighted by atomic mass is 9.89. The van der Waals surface area contributed by atoms with Crippen LogP contribution in [0.25, 0.3) is 0 Å². The maximum absolute atomic E-state index is 11.8. The van der Waals surface area contributed by atoms with Crippen molar-refractivity contribution in [1.29, 1.82) is 0 Å². The number of esters is 1. The van der Waals surface area contributed by atoms with E-state index in [4.69, 9.17) is 10.5 Å². The van der Waals surface area contributed by atoms with Crippen molar-refractivity contribution in [3.8, 4) is 0 Å². The van der Waals surface area contributed by atoms with E-state index in [0.717, 1.165) is 19.3 Å². The molecule has 0 spiro atoms. The van der Waals surface area contributed by atoms with Crippen LogP contribution in [0.3, 0.4) is 0 Å². The Morgan fingerprint density at radius 2 is 1.90 bits per heavy atom. The molecular formula is C15H25N3O2. The van der Waals surface area contributed by atoms with Crippen LogP contribution in [0.2, 0.25) is 0 Å². The van der Waals surface area contributed by atoms with Gasteiger partial charge in [-0.2, -0.15) is 0 Å². The largest absolute Gasteiger partial charge is 0.462 e. The second-order valence-corrected chi connectivity index (χ2v) is 4.81. The van der Waals surface area contributed by atoms with Gasteiger partial charge in [-0.3, -0.25) is 0 Å². The Balaban J connectivity index is 3.08. The third-order valence-corrected chi connectivity index (χ3v) is 3.90. The van der Waals surface area contributed by atoms with E-state index in [1.54, 1.807) is 19.2 Å². The maximum atomic E-state index is 11.8. The van der Waals surface area contributed by atoms with Gasteiger partial charge in [-0.25, -0.2) is 9.78 Å². The molecule has 1 aromatic heterocycles. The second-order valence-electron chi connectivity index (χ2n) is 4.81. The van der Waals surface area contributed by atoms with Gasteiger partial charge < -0.3 is 15.8 Å². The third-order valence-electron chi connectivity index (χ3n) is 3.90. The molecule has 0 atom stereocenters. The Hall–Kier alpha value is -1.78. The maximum Gasteiger partial charge on any atom is 0.340 e. The predicted molar refractivity (Wildman–Crippen MR) is 81.8 cm³/mol. The number of hydrogen-bond donors (Lipinski definition) is 2. The average Bonchev–Trinajstić information content (AvgIpc) is 2.47. The lowest BCUT2D eigenvalue weighted by Gasteiger charge is -2.33. The number of carbonyl (C=O) groups excluding carboxylic acids is 1. The van der Waals surface area contributed by atoms with Crippen LogP contribution in [-0.2, 0) is 4.74 Å². The molecule has 0 bridgehead atoms. The molecule has 5 nitrogen and oxygen atoms in total. The van der Waals surface area contributed by atoms with Gasteiger partial charge in [-0.1, -0.05) is 20.8 Å². The Labute approximate surface area is 120 Å². The zero-order valence-corrected chi connectivity index (χ0v) is 12.8. The standard InChI is InChI=1S/C15H25N3O2/c1-5-15(6-2,7-3)18-13-12(16)11(9-10-17-13)14(19)20-8-4/h9-10H,5-8,16H2,1-4H3,(H,17,18). The number of anilines is 2. The molecule has 112 valence electrons. The predicted octanol–water partition coefficient (Wildman–Crippen LogP) is 3.22. The number of nitrogen functional groups attached to an aromatic ring is 1. The zero-order chi connectivity index (χ0) is 15.2. The molecule has 0 aliphatic rings. The van der Waals surface area contributed by atoms with E-state index >= 15 is 0 Å². The number of nitrogens with two attached hydrogens (primary N) is 1. The van der Waals surface area contributed by atoms with Gasteiger partial charge >= 0.3 is 5.97 Å². The Bertz CT molecular complexity index is 448. The SMILES string of the molecule is CCOC(=O)c1ccnc(NC(CC)(CC)CC)c1N. The summed E-state index contributed by atoms with van der Waals surface area (Å²) in [5.41, 5.74) is 6.73. The van der Waals surface area contributed by atoms with Crippen molar-refractivity contribution < 1.29 is 9.53 Å². The summed E-state index contributed by atoms with van der Waals surface area (Å²) in [6.07, 6.45) is 4.47. The first kappa shape index (κ1) is 16.3. The summed E-state index contributed by atoms with van der Waals surface area (Å²) < 4.78 is 5.00. The van der Waals surface area contributed by atoms with E-state index in [0.29, 0.717) is 23.7 Å². The molecule has 1 heterocycles. The summed E-state index contributed by atoms with van der Waals surface area (Å²) in [6.45, 7) is 8.49. The fourth-order valence-corrected chi connectivity index (χ4v) is 2.23. The highest BCUT2D eigenvalue weighted by Gasteiger charge is 2.26. The second kappa shape index (κ2) is 7.12. The van der Waals surface area contributed by atoms with Crippen LogP contribution in [0.5, 0.6) is 0 Å². The van der Waals surface area contributed by atoms with E-state index in [9.17, 15) is 4.79 Å². The number of ether oxygens (including phenoxy) is 1. The first-order valence-electron chi connectivity index (χ1n) is 7.23. The van der Waals surface area contributed by atoms with Crippen molar-refractivity contribution in [2.75, 3.05) is 17.7 Å². The van der Waals surface area contributed by atoms with Gasteiger partial charge in [0.05, 0.1) is 17.9 Å². The molecule has 0 saturated heterocycles. The molecule has 0 radical (unpaired) electrons. The van der Waals surface area contributed by atoms with Gasteiger partial charge in [0.2, 0.25) is 0 Å². The number of nitrogens with one attached hydrogen (secondary N) is 1. The first-order chi connectivity index (χ1) is 9.53. The van der Waals surface area contributed by atoms with Gasteiger partial charge in [-0.15, -0.1) is 0 Å². The van der Waals surface area contributed by atoms with E-state index < -0.39 is 5.97 Å². The van der Waals surface area contributed by atoms with Gasteiger partial charge in [0.25, 0.3) is 0 Å². The van der Waals surface area contributed by atoms with Crippen LogP contribution in [-0.4, -0.2) is 23.1 Å². The van der Waals surface area contributed by atoms with Crippen LogP contribution in [0.15, 0.2) is 12.3 Å². The topological polar surface area (TPSA) is 77.2 Å². The summed E-state index contributed by atoms with van der Waals surface area (Å²) in [5, 5.41) is 3.40. The van der Waals surface area contributed by atoms with Crippen molar-refractivity contribution in [3.05, 3.63) is 17.8 Å². The number of pyridine rings is 1. The number of hydrogen-bond acceptors (Lipinski definition) is 5. The molecule has 0 aliphatic carbocycles. The smallest absolute Gasteiger partial charge is 0.340 e. The van der Waals surface area contributed by atoms with Gasteiger partial charge in [-0.05, 0) is 32.3 Å². The Morgan fingerprint density at radius 1 is 1.30 bits per heavy atom. The summed E-state index contributed by atoms with van der Waals surface area (Å²) in [5.74, 6) is 0.145. The monoisotopic (exact) mass is 279 g/mol. The molecule has 20 heavy (non-hydrogen) atoms. The summed E-state index contributed by atoms with van der Waals surface area (Å²) in [4.78, 5) is 16.1. The number of rotatable bonds is 7. The van der Waals surface area contributed by atoms with Crippen molar-refractivity contribution in [3.63, 3.8) is 0 Å². The first-order valence-corrected chi connectivity index (χ1v) is 7.23. The molecule has 0 aliphatic heterocycles. The van der Waals surface area contributed by atoms with E-state index in [1.165, 1.54) is 0 Å². The van der Waals surface area contributed by atoms with Crippen molar-refractivity contribution in [2.24, 2.45) is 0 Å². The molecule has 1 rings (SSSR count). The quantitative estimate of drug-likeness (QED) is 0.749. The summed E-state index contributed by atoms with van der Waals surface area (Å²) in [6, 6.07) is 1.59. The highest BCUT2D eigenvalue weighted by Crippen LogP contribution is 2.29. The van der Waals surface area contributed by atoms with Gasteiger partial charge in [0.1, 0.15) is 5.82 Å². The highest BCUT2D eigenvalue weighted by molar-refractivity contribution is 5.97. The molecule has 0 saturated carbocycles. The number of nitrogens with zero attached hydrogens (tertiary/aromatic N) is 1. The van der Waals surface area contributed by atoms with E-state index in [1.807, 2.05) is 0 Å². The minimum atomic E-state index is -0.412. The van der Waals surface area contributed by atoms with Crippen LogP contribution >= 0.6 is 0 Å². The van der Waals surface area contributed by atoms with Crippen molar-refractivity contribution in [1.82, 2.24) is 4.98 Å². The number of aromatic nitrogens is 1. The fourth-order valence-electron chi connectivity index (χ4n) is 2.23. The molecule has 5 heteroatoms. The van der Waals surface area contributed by atoms with Gasteiger partial charge in [0.15, 0.2) is 0 Å². The lowest BCUT2D eigenvalue weighted by molar-refractivity contribution is 0.0527. The Morgan fingerprint density at radius 3 is 2.40 bits per heavy atom. The minimum Gasteiger partial charge on any atom is -0.462 e. The molecule has 0 aromatic carbocycles. The van der Waals surface area contributed by atoms with Crippen molar-refractivity contribution >= 4 is 17.5 Å². The van der Waals surface area contributed by atoms with Gasteiger partial charge in [0, 0.05) is 11.7 Å². The third kappa shape index (κ3) is 3.40. The van der Waals surface area contributed by atoms with Crippen LogP contribution < -0.4 is 11.1 Å². The summed E-state index contributed by atoms with van der Waals surface area (Å²) in [7, 11) is 0. The normalized spacial score (nSPS) is 11.2. The van der Waals surface area contributed by atoms with Crippen LogP contribution in [0.1, 0.15) is 57.3 Å². The molecule has 3 N–H and O–H groups in total. The zero-order valence-electron chi connectivity index (χ0n) is 12.8. The average molecular weight is 279 g/mol.